The number of aromatic amines is 1. The second-order valence-electron chi connectivity index (χ2n) is 6.59. The molecule has 1 aromatic rings. The maximum Gasteiger partial charge on any atom is 0.328 e. The topological polar surface area (TPSA) is 160 Å². The number of carbonyl (C=O) groups is 1. The van der Waals surface area contributed by atoms with Crippen molar-refractivity contribution in [1.29, 1.82) is 0 Å². The van der Waals surface area contributed by atoms with E-state index < -0.39 is 55.2 Å². The molecule has 1 aliphatic heterocycles. The summed E-state index contributed by atoms with van der Waals surface area (Å²) in [6.07, 6.45) is -4.54. The fourth-order valence-corrected chi connectivity index (χ4v) is 2.66. The Bertz CT molecular complexity index is 813. The summed E-state index contributed by atoms with van der Waals surface area (Å²) in [5.74, 6) is -4.13. The lowest BCUT2D eigenvalue weighted by Gasteiger charge is -2.24. The van der Waals surface area contributed by atoms with Gasteiger partial charge in [0.05, 0.1) is 6.61 Å². The number of H-pyrrole nitrogens is 1. The molecule has 2 rings (SSSR count). The average molecular weight is 407 g/mol. The molecular formula is C15H22FN3O7S. The minimum Gasteiger partial charge on any atom is -0.458 e. The van der Waals surface area contributed by atoms with Gasteiger partial charge in [0, 0.05) is 11.8 Å². The SMILES string of the molecule is CC(C)[C@H](N)C(=O)OC[C@@]1(F)O[C@@H](n2cc(CO)c(=S)[nH]c2=O)[C@H](O)[C@@H]1O. The third-order valence-electron chi connectivity index (χ3n) is 4.26. The van der Waals surface area contributed by atoms with Crippen LogP contribution >= 0.6 is 12.2 Å². The highest BCUT2D eigenvalue weighted by atomic mass is 32.1. The molecule has 0 bridgehead atoms. The first-order valence-corrected chi connectivity index (χ1v) is 8.53. The number of aliphatic hydroxyl groups is 3. The van der Waals surface area contributed by atoms with Crippen LogP contribution in [0.25, 0.3) is 0 Å². The van der Waals surface area contributed by atoms with Gasteiger partial charge in [-0.15, -0.1) is 0 Å². The molecule has 152 valence electrons. The number of esters is 1. The summed E-state index contributed by atoms with van der Waals surface area (Å²) < 4.78 is 25.5. The summed E-state index contributed by atoms with van der Waals surface area (Å²) in [5, 5.41) is 29.4. The van der Waals surface area contributed by atoms with E-state index in [1.165, 1.54) is 0 Å². The number of nitrogens with zero attached hydrogens (tertiary/aromatic N) is 1. The molecule has 6 N–H and O–H groups in total. The van der Waals surface area contributed by atoms with E-state index in [9.17, 15) is 29.3 Å². The van der Waals surface area contributed by atoms with Crippen LogP contribution in [0.1, 0.15) is 25.6 Å². The van der Waals surface area contributed by atoms with Gasteiger partial charge in [-0.2, -0.15) is 0 Å². The first kappa shape index (κ1) is 21.6. The lowest BCUT2D eigenvalue weighted by Crippen LogP contribution is -2.46. The van der Waals surface area contributed by atoms with E-state index >= 15 is 0 Å². The van der Waals surface area contributed by atoms with E-state index in [1.54, 1.807) is 13.8 Å². The Hall–Kier alpha value is -1.70. The molecule has 1 aliphatic rings. The van der Waals surface area contributed by atoms with Crippen LogP contribution in [0.15, 0.2) is 11.0 Å². The predicted octanol–water partition coefficient (Wildman–Crippen LogP) is -1.16. The molecule has 0 aromatic carbocycles. The van der Waals surface area contributed by atoms with Crippen molar-refractivity contribution in [2.24, 2.45) is 11.7 Å². The molecule has 12 heteroatoms. The Morgan fingerprint density at radius 1 is 1.56 bits per heavy atom. The number of rotatable bonds is 6. The highest BCUT2D eigenvalue weighted by molar-refractivity contribution is 7.71. The number of nitrogens with one attached hydrogen (secondary N) is 1. The molecule has 0 unspecified atom stereocenters. The summed E-state index contributed by atoms with van der Waals surface area (Å²) in [6, 6.07) is -1.00. The molecule has 27 heavy (non-hydrogen) atoms. The highest BCUT2D eigenvalue weighted by Crippen LogP contribution is 2.38. The zero-order valence-electron chi connectivity index (χ0n) is 14.7. The van der Waals surface area contributed by atoms with Crippen molar-refractivity contribution in [1.82, 2.24) is 9.55 Å². The zero-order chi connectivity index (χ0) is 20.5. The third kappa shape index (κ3) is 4.25. The van der Waals surface area contributed by atoms with Crippen LogP contribution in [-0.4, -0.2) is 61.6 Å². The highest BCUT2D eigenvalue weighted by Gasteiger charge is 2.57. The van der Waals surface area contributed by atoms with Crippen molar-refractivity contribution >= 4 is 18.2 Å². The lowest BCUT2D eigenvalue weighted by atomic mass is 10.1. The predicted molar refractivity (Wildman–Crippen MR) is 91.6 cm³/mol. The van der Waals surface area contributed by atoms with Crippen molar-refractivity contribution in [2.45, 2.75) is 50.8 Å². The van der Waals surface area contributed by atoms with E-state index in [0.717, 1.165) is 10.8 Å². The second-order valence-corrected chi connectivity index (χ2v) is 6.99. The second kappa shape index (κ2) is 8.12. The summed E-state index contributed by atoms with van der Waals surface area (Å²) in [4.78, 5) is 26.1. The van der Waals surface area contributed by atoms with Gasteiger partial charge in [0.2, 0.25) is 0 Å². The minimum absolute atomic E-state index is 0.0325. The van der Waals surface area contributed by atoms with Gasteiger partial charge in [-0.25, -0.2) is 9.18 Å². The zero-order valence-corrected chi connectivity index (χ0v) is 15.5. The fourth-order valence-electron chi connectivity index (χ4n) is 2.46. The van der Waals surface area contributed by atoms with E-state index in [1.807, 2.05) is 0 Å². The summed E-state index contributed by atoms with van der Waals surface area (Å²) >= 11 is 4.86. The molecule has 0 aliphatic carbocycles. The molecule has 1 aromatic heterocycles. The maximum absolute atomic E-state index is 15.0. The van der Waals surface area contributed by atoms with E-state index in [-0.39, 0.29) is 16.1 Å². The molecule has 10 nitrogen and oxygen atoms in total. The number of carbonyl (C=O) groups excluding carboxylic acids is 1. The molecule has 0 spiro atoms. The smallest absolute Gasteiger partial charge is 0.328 e. The molecule has 5 atom stereocenters. The molecule has 0 saturated carbocycles. The molecule has 2 heterocycles. The normalized spacial score (nSPS) is 29.1. The first-order chi connectivity index (χ1) is 12.5. The number of ether oxygens (including phenoxy) is 2. The molecule has 1 fully saturated rings. The summed E-state index contributed by atoms with van der Waals surface area (Å²) in [5.41, 5.74) is 4.88. The van der Waals surface area contributed by atoms with Crippen LogP contribution in [0.3, 0.4) is 0 Å². The largest absolute Gasteiger partial charge is 0.458 e. The Morgan fingerprint density at radius 3 is 2.74 bits per heavy atom. The van der Waals surface area contributed by atoms with Gasteiger partial charge >= 0.3 is 11.7 Å². The number of aromatic nitrogens is 2. The van der Waals surface area contributed by atoms with Crippen molar-refractivity contribution < 1.29 is 34.0 Å². The van der Waals surface area contributed by atoms with Crippen molar-refractivity contribution in [3.05, 3.63) is 26.9 Å². The quantitative estimate of drug-likeness (QED) is 0.289. The van der Waals surface area contributed by atoms with Crippen LogP contribution in [0, 0.1) is 10.6 Å². The number of hydrogen-bond donors (Lipinski definition) is 5. The number of alkyl halides is 1. The standard InChI is InChI=1S/C15H22FN3O7S/c1-6(2)8(17)13(23)25-5-15(16)10(22)9(21)12(26-15)19-3-7(4-20)11(27)18-14(19)24/h3,6,8-10,12,20-22H,4-5,17H2,1-2H3,(H,18,24,27)/t8-,9+,10-,12+,15+/m0/s1. The number of halogens is 1. The van der Waals surface area contributed by atoms with Gasteiger partial charge in [-0.1, -0.05) is 26.1 Å². The van der Waals surface area contributed by atoms with Crippen LogP contribution in [0.2, 0.25) is 0 Å². The first-order valence-electron chi connectivity index (χ1n) is 8.12. The van der Waals surface area contributed by atoms with Gasteiger partial charge in [0.15, 0.2) is 12.8 Å². The summed E-state index contributed by atoms with van der Waals surface area (Å²) in [6.45, 7) is 1.78. The van der Waals surface area contributed by atoms with E-state index in [2.05, 4.69) is 4.98 Å². The van der Waals surface area contributed by atoms with Crippen molar-refractivity contribution in [3.63, 3.8) is 0 Å². The van der Waals surface area contributed by atoms with Gasteiger partial charge < -0.3 is 30.5 Å². The van der Waals surface area contributed by atoms with Crippen LogP contribution in [0.4, 0.5) is 4.39 Å². The Labute approximate surface area is 158 Å². The van der Waals surface area contributed by atoms with Gasteiger partial charge in [-0.05, 0) is 5.92 Å². The van der Waals surface area contributed by atoms with Crippen LogP contribution in [-0.2, 0) is 20.9 Å². The molecule has 1 saturated heterocycles. The lowest BCUT2D eigenvalue weighted by molar-refractivity contribution is -0.217. The maximum atomic E-state index is 15.0. The number of hydrogen-bond acceptors (Lipinski definition) is 9. The number of nitrogens with two attached hydrogens (primary N) is 1. The average Bonchev–Trinajstić information content (AvgIpc) is 2.84. The molecule has 0 amide bonds. The molecular weight excluding hydrogens is 385 g/mol. The van der Waals surface area contributed by atoms with Gasteiger partial charge in [0.25, 0.3) is 5.85 Å². The number of aliphatic hydroxyl groups excluding tert-OH is 3. The Kier molecular flexibility index (Phi) is 6.50. The molecule has 0 radical (unpaired) electrons. The van der Waals surface area contributed by atoms with E-state index in [4.69, 9.17) is 27.4 Å². The fraction of sp³-hybridized carbons (Fsp3) is 0.667. The Balaban J connectivity index is 2.23. The van der Waals surface area contributed by atoms with E-state index in [0.29, 0.717) is 0 Å². The third-order valence-corrected chi connectivity index (χ3v) is 4.63. The van der Waals surface area contributed by atoms with Gasteiger partial charge in [-0.3, -0.25) is 14.3 Å². The van der Waals surface area contributed by atoms with Crippen molar-refractivity contribution in [2.75, 3.05) is 6.61 Å². The van der Waals surface area contributed by atoms with Crippen molar-refractivity contribution in [3.8, 4) is 0 Å². The minimum atomic E-state index is -2.97. The monoisotopic (exact) mass is 407 g/mol. The van der Waals surface area contributed by atoms with Gasteiger partial charge in [0.1, 0.15) is 22.9 Å². The summed E-state index contributed by atoms with van der Waals surface area (Å²) in [7, 11) is 0. The van der Waals surface area contributed by atoms with Crippen LogP contribution < -0.4 is 11.4 Å². The van der Waals surface area contributed by atoms with Crippen LogP contribution in [0.5, 0.6) is 0 Å². The Morgan fingerprint density at radius 2 is 2.19 bits per heavy atom.